The molecule has 0 bridgehead atoms. The van der Waals surface area contributed by atoms with Crippen molar-refractivity contribution in [2.24, 2.45) is 7.05 Å². The van der Waals surface area contributed by atoms with Gasteiger partial charge in [0.05, 0.1) is 23.1 Å². The Labute approximate surface area is 89.9 Å². The van der Waals surface area contributed by atoms with Gasteiger partial charge in [0, 0.05) is 7.05 Å². The van der Waals surface area contributed by atoms with E-state index in [1.807, 2.05) is 27.8 Å². The first-order valence-corrected chi connectivity index (χ1v) is 4.95. The fourth-order valence-corrected chi connectivity index (χ4v) is 1.32. The number of aromatic nitrogens is 2. The summed E-state index contributed by atoms with van der Waals surface area (Å²) in [6.07, 6.45) is 0. The number of likely N-dealkylation sites (N-methyl/N-ethyl adjacent to an activating group) is 1. The van der Waals surface area contributed by atoms with Crippen LogP contribution in [0.25, 0.3) is 0 Å². The van der Waals surface area contributed by atoms with Gasteiger partial charge >= 0.3 is 0 Å². The molecule has 0 aliphatic rings. The lowest BCUT2D eigenvalue weighted by molar-refractivity contribution is -0.117. The van der Waals surface area contributed by atoms with Crippen molar-refractivity contribution >= 4 is 11.6 Å². The Kier molecular flexibility index (Phi) is 3.47. The Hall–Kier alpha value is -1.36. The summed E-state index contributed by atoms with van der Waals surface area (Å²) in [4.78, 5) is 11.6. The van der Waals surface area contributed by atoms with Gasteiger partial charge < -0.3 is 10.6 Å². The molecular formula is C10H18N4O. The quantitative estimate of drug-likeness (QED) is 0.767. The van der Waals surface area contributed by atoms with Crippen molar-refractivity contribution in [2.45, 2.75) is 26.8 Å². The van der Waals surface area contributed by atoms with Crippen LogP contribution in [-0.2, 0) is 11.8 Å². The van der Waals surface area contributed by atoms with Gasteiger partial charge in [0.25, 0.3) is 0 Å². The number of carbonyl (C=O) groups excluding carboxylic acids is 1. The highest BCUT2D eigenvalue weighted by Crippen LogP contribution is 2.18. The zero-order valence-electron chi connectivity index (χ0n) is 9.88. The lowest BCUT2D eigenvalue weighted by Gasteiger charge is -2.11. The Balaban J connectivity index is 2.85. The molecule has 5 nitrogen and oxygen atoms in total. The van der Waals surface area contributed by atoms with Crippen molar-refractivity contribution in [3.05, 3.63) is 11.4 Å². The van der Waals surface area contributed by atoms with Gasteiger partial charge in [0.2, 0.25) is 5.91 Å². The summed E-state index contributed by atoms with van der Waals surface area (Å²) >= 11 is 0. The molecule has 0 aromatic carbocycles. The van der Waals surface area contributed by atoms with Crippen molar-refractivity contribution < 1.29 is 4.79 Å². The number of rotatable bonds is 3. The molecule has 1 aromatic rings. The van der Waals surface area contributed by atoms with E-state index in [9.17, 15) is 4.79 Å². The third-order valence-corrected chi connectivity index (χ3v) is 2.58. The van der Waals surface area contributed by atoms with Gasteiger partial charge in [-0.3, -0.25) is 9.48 Å². The van der Waals surface area contributed by atoms with E-state index in [1.54, 1.807) is 11.7 Å². The number of aryl methyl sites for hydroxylation is 2. The molecule has 1 amide bonds. The summed E-state index contributed by atoms with van der Waals surface area (Å²) in [5.41, 5.74) is 2.61. The number of anilines is 1. The average Bonchev–Trinajstić information content (AvgIpc) is 2.43. The van der Waals surface area contributed by atoms with Crippen molar-refractivity contribution in [3.8, 4) is 0 Å². The Morgan fingerprint density at radius 1 is 1.47 bits per heavy atom. The normalized spacial score (nSPS) is 12.6. The lowest BCUT2D eigenvalue weighted by Crippen LogP contribution is -2.35. The highest BCUT2D eigenvalue weighted by atomic mass is 16.2. The summed E-state index contributed by atoms with van der Waals surface area (Å²) in [6, 6.07) is -0.205. The molecule has 84 valence electrons. The Morgan fingerprint density at radius 3 is 2.47 bits per heavy atom. The van der Waals surface area contributed by atoms with Gasteiger partial charge in [-0.2, -0.15) is 5.10 Å². The van der Waals surface area contributed by atoms with Crippen LogP contribution in [-0.4, -0.2) is 28.8 Å². The van der Waals surface area contributed by atoms with Crippen molar-refractivity contribution in [1.82, 2.24) is 15.1 Å². The van der Waals surface area contributed by atoms with Crippen LogP contribution in [0.15, 0.2) is 0 Å². The minimum absolute atomic E-state index is 0.0447. The second-order valence-electron chi connectivity index (χ2n) is 3.67. The van der Waals surface area contributed by atoms with Crippen LogP contribution in [0.3, 0.4) is 0 Å². The van der Waals surface area contributed by atoms with Crippen LogP contribution in [0.2, 0.25) is 0 Å². The molecule has 0 radical (unpaired) electrons. The van der Waals surface area contributed by atoms with Gasteiger partial charge in [-0.1, -0.05) is 0 Å². The maximum atomic E-state index is 11.6. The number of amides is 1. The third-order valence-electron chi connectivity index (χ3n) is 2.58. The van der Waals surface area contributed by atoms with Crippen molar-refractivity contribution in [1.29, 1.82) is 0 Å². The molecule has 0 aliphatic carbocycles. The number of nitrogens with one attached hydrogen (secondary N) is 2. The van der Waals surface area contributed by atoms with Crippen LogP contribution in [0.5, 0.6) is 0 Å². The number of hydrogen-bond donors (Lipinski definition) is 2. The van der Waals surface area contributed by atoms with E-state index in [0.717, 1.165) is 17.1 Å². The van der Waals surface area contributed by atoms with E-state index in [2.05, 4.69) is 15.7 Å². The summed E-state index contributed by atoms with van der Waals surface area (Å²) in [5.74, 6) is -0.0447. The van der Waals surface area contributed by atoms with E-state index in [1.165, 1.54) is 0 Å². The second-order valence-corrected chi connectivity index (χ2v) is 3.67. The fourth-order valence-electron chi connectivity index (χ4n) is 1.32. The molecule has 0 saturated heterocycles. The second kappa shape index (κ2) is 4.44. The SMILES string of the molecule is CNC(C)C(=O)Nc1c(C)nn(C)c1C. The molecule has 1 atom stereocenters. The van der Waals surface area contributed by atoms with Gasteiger partial charge in [-0.05, 0) is 27.8 Å². The first-order chi connectivity index (χ1) is 6.97. The van der Waals surface area contributed by atoms with E-state index in [0.29, 0.717) is 0 Å². The first-order valence-electron chi connectivity index (χ1n) is 4.95. The molecule has 2 N–H and O–H groups in total. The van der Waals surface area contributed by atoms with Crippen LogP contribution >= 0.6 is 0 Å². The van der Waals surface area contributed by atoms with Gasteiger partial charge in [0.1, 0.15) is 0 Å². The maximum Gasteiger partial charge on any atom is 0.241 e. The molecule has 0 fully saturated rings. The van der Waals surface area contributed by atoms with Gasteiger partial charge in [-0.15, -0.1) is 0 Å². The predicted molar refractivity (Wildman–Crippen MR) is 59.8 cm³/mol. The van der Waals surface area contributed by atoms with Crippen LogP contribution in [0.4, 0.5) is 5.69 Å². The maximum absolute atomic E-state index is 11.6. The minimum atomic E-state index is -0.205. The highest BCUT2D eigenvalue weighted by Gasteiger charge is 2.15. The Morgan fingerprint density at radius 2 is 2.07 bits per heavy atom. The predicted octanol–water partition coefficient (Wildman–Crippen LogP) is 0.583. The summed E-state index contributed by atoms with van der Waals surface area (Å²) in [5, 5.41) is 9.99. The van der Waals surface area contributed by atoms with E-state index < -0.39 is 0 Å². The minimum Gasteiger partial charge on any atom is -0.322 e. The van der Waals surface area contributed by atoms with E-state index in [-0.39, 0.29) is 11.9 Å². The zero-order chi connectivity index (χ0) is 11.6. The molecule has 0 saturated carbocycles. The topological polar surface area (TPSA) is 59.0 Å². The zero-order valence-corrected chi connectivity index (χ0v) is 9.88. The first kappa shape index (κ1) is 11.7. The average molecular weight is 210 g/mol. The summed E-state index contributed by atoms with van der Waals surface area (Å²) in [7, 11) is 3.62. The molecule has 1 rings (SSSR count). The number of nitrogens with zero attached hydrogens (tertiary/aromatic N) is 2. The standard InChI is InChI=1S/C10H18N4O/c1-6-9(8(3)14(5)13-6)12-10(15)7(2)11-4/h7,11H,1-5H3,(H,12,15). The number of hydrogen-bond acceptors (Lipinski definition) is 3. The highest BCUT2D eigenvalue weighted by molar-refractivity contribution is 5.95. The van der Waals surface area contributed by atoms with Crippen LogP contribution in [0.1, 0.15) is 18.3 Å². The van der Waals surface area contributed by atoms with E-state index in [4.69, 9.17) is 0 Å². The monoisotopic (exact) mass is 210 g/mol. The van der Waals surface area contributed by atoms with Gasteiger partial charge in [0.15, 0.2) is 0 Å². The molecule has 0 aliphatic heterocycles. The smallest absolute Gasteiger partial charge is 0.241 e. The summed E-state index contributed by atoms with van der Waals surface area (Å²) < 4.78 is 1.76. The molecule has 5 heteroatoms. The van der Waals surface area contributed by atoms with E-state index >= 15 is 0 Å². The van der Waals surface area contributed by atoms with Crippen LogP contribution in [0, 0.1) is 13.8 Å². The van der Waals surface area contributed by atoms with Crippen molar-refractivity contribution in [3.63, 3.8) is 0 Å². The van der Waals surface area contributed by atoms with Crippen molar-refractivity contribution in [2.75, 3.05) is 12.4 Å². The Bertz CT molecular complexity index is 370. The van der Waals surface area contributed by atoms with Crippen LogP contribution < -0.4 is 10.6 Å². The molecule has 0 spiro atoms. The molecular weight excluding hydrogens is 192 g/mol. The molecule has 1 heterocycles. The lowest BCUT2D eigenvalue weighted by atomic mass is 10.2. The number of carbonyl (C=O) groups is 1. The largest absolute Gasteiger partial charge is 0.322 e. The molecule has 15 heavy (non-hydrogen) atoms. The third kappa shape index (κ3) is 2.36. The molecule has 1 unspecified atom stereocenters. The van der Waals surface area contributed by atoms with Gasteiger partial charge in [-0.25, -0.2) is 0 Å². The molecule has 1 aromatic heterocycles. The summed E-state index contributed by atoms with van der Waals surface area (Å²) in [6.45, 7) is 5.63. The fraction of sp³-hybridized carbons (Fsp3) is 0.600.